The summed E-state index contributed by atoms with van der Waals surface area (Å²) in [5.74, 6) is 0.756. The molecule has 0 spiro atoms. The number of benzene rings is 1. The van der Waals surface area contributed by atoms with E-state index in [4.69, 9.17) is 5.10 Å². The minimum Gasteiger partial charge on any atom is -0.111 e. The summed E-state index contributed by atoms with van der Waals surface area (Å²) in [5, 5.41) is 11.4. The average molecular weight is 264 g/mol. The van der Waals surface area contributed by atoms with E-state index in [1.165, 1.54) is 0 Å². The highest BCUT2D eigenvalue weighted by molar-refractivity contribution is 5.93. The smallest absolute Gasteiger partial charge is 0.111 e. The number of hydrogen-bond donors (Lipinski definition) is 0. The van der Waals surface area contributed by atoms with E-state index in [9.17, 15) is 0 Å². The minimum absolute atomic E-state index is 0.756. The molecule has 4 aromatic rings. The van der Waals surface area contributed by atoms with E-state index in [0.717, 1.165) is 39.1 Å². The van der Waals surface area contributed by atoms with Gasteiger partial charge >= 0.3 is 5.78 Å². The number of rotatable bonds is 0. The van der Waals surface area contributed by atoms with Crippen LogP contribution in [0.2, 0.25) is 0 Å². The van der Waals surface area contributed by atoms with Crippen LogP contribution in [0, 0.1) is 20.8 Å². The third-order valence-electron chi connectivity index (χ3n) is 3.96. The van der Waals surface area contributed by atoms with Crippen molar-refractivity contribution in [2.24, 2.45) is 0 Å². The molecular formula is C15H14N5+. The fraction of sp³-hybridized carbons (Fsp3) is 0.200. The molecule has 0 bridgehead atoms. The summed E-state index contributed by atoms with van der Waals surface area (Å²) in [7, 11) is 0. The Bertz CT molecular complexity index is 984. The lowest BCUT2D eigenvalue weighted by Crippen LogP contribution is -2.30. The molecule has 0 atom stereocenters. The summed E-state index contributed by atoms with van der Waals surface area (Å²) in [6.07, 6.45) is 1.86. The summed E-state index contributed by atoms with van der Waals surface area (Å²) in [6, 6.07) is 8.13. The third kappa shape index (κ3) is 1.32. The second kappa shape index (κ2) is 3.72. The quantitative estimate of drug-likeness (QED) is 0.456. The highest BCUT2D eigenvalue weighted by Gasteiger charge is 2.22. The maximum absolute atomic E-state index is 4.70. The maximum atomic E-state index is 4.70. The Kier molecular flexibility index (Phi) is 2.10. The van der Waals surface area contributed by atoms with Gasteiger partial charge in [0.15, 0.2) is 0 Å². The van der Waals surface area contributed by atoms with Gasteiger partial charge in [0.05, 0.1) is 6.20 Å². The Labute approximate surface area is 115 Å². The third-order valence-corrected chi connectivity index (χ3v) is 3.96. The van der Waals surface area contributed by atoms with E-state index in [-0.39, 0.29) is 0 Å². The van der Waals surface area contributed by atoms with Gasteiger partial charge in [0.2, 0.25) is 0 Å². The second-order valence-electron chi connectivity index (χ2n) is 5.09. The van der Waals surface area contributed by atoms with E-state index < -0.39 is 0 Å². The van der Waals surface area contributed by atoms with Gasteiger partial charge in [0.1, 0.15) is 11.4 Å². The molecule has 5 nitrogen and oxygen atoms in total. The van der Waals surface area contributed by atoms with Crippen LogP contribution in [0.4, 0.5) is 0 Å². The van der Waals surface area contributed by atoms with Crippen LogP contribution in [0.15, 0.2) is 30.5 Å². The number of aromatic nitrogens is 5. The number of aryl methyl sites for hydroxylation is 2. The molecule has 0 saturated heterocycles. The maximum Gasteiger partial charge on any atom is 0.449 e. The Morgan fingerprint density at radius 3 is 2.75 bits per heavy atom. The van der Waals surface area contributed by atoms with Gasteiger partial charge in [-0.1, -0.05) is 32.8 Å². The van der Waals surface area contributed by atoms with E-state index in [2.05, 4.69) is 30.0 Å². The van der Waals surface area contributed by atoms with Crippen LogP contribution in [0.3, 0.4) is 0 Å². The Morgan fingerprint density at radius 2 is 1.90 bits per heavy atom. The van der Waals surface area contributed by atoms with Crippen LogP contribution < -0.4 is 4.52 Å². The predicted octanol–water partition coefficient (Wildman–Crippen LogP) is 1.94. The van der Waals surface area contributed by atoms with Gasteiger partial charge in [0, 0.05) is 16.3 Å². The monoisotopic (exact) mass is 264 g/mol. The lowest BCUT2D eigenvalue weighted by atomic mass is 10.2. The highest BCUT2D eigenvalue weighted by Crippen LogP contribution is 2.17. The van der Waals surface area contributed by atoms with Crippen LogP contribution in [-0.2, 0) is 0 Å². The molecule has 0 fully saturated rings. The first-order chi connectivity index (χ1) is 9.66. The Hall–Kier alpha value is -2.56. The van der Waals surface area contributed by atoms with Crippen LogP contribution in [0.1, 0.15) is 17.0 Å². The Morgan fingerprint density at radius 1 is 1.10 bits per heavy atom. The van der Waals surface area contributed by atoms with Crippen molar-refractivity contribution in [1.29, 1.82) is 0 Å². The number of fused-ring (bicyclic) bond motifs is 5. The zero-order valence-electron chi connectivity index (χ0n) is 11.6. The molecule has 0 unspecified atom stereocenters. The van der Waals surface area contributed by atoms with Crippen molar-refractivity contribution in [3.63, 3.8) is 0 Å². The standard InChI is InChI=1S/C15H14N5/c1-9-10(2)17-15-19(11(9)3)18-14-13-7-5-4-6-12(13)8-16-20(14)15/h4-8H,1-3H3/q+1. The molecule has 0 radical (unpaired) electrons. The van der Waals surface area contributed by atoms with E-state index in [1.54, 1.807) is 0 Å². The molecule has 3 aromatic heterocycles. The summed E-state index contributed by atoms with van der Waals surface area (Å²) in [5.41, 5.74) is 4.11. The molecule has 5 heteroatoms. The molecular weight excluding hydrogens is 250 g/mol. The topological polar surface area (TPSA) is 47.2 Å². The number of hydrogen-bond acceptors (Lipinski definition) is 3. The SMILES string of the molecule is Cc1nc2n3ncc4ccccc4c3n[n+]2c(C)c1C. The first-order valence-corrected chi connectivity index (χ1v) is 6.59. The van der Waals surface area contributed by atoms with Gasteiger partial charge in [-0.15, -0.1) is 9.61 Å². The van der Waals surface area contributed by atoms with Crippen molar-refractivity contribution >= 4 is 22.2 Å². The molecule has 0 aliphatic carbocycles. The molecule has 3 heterocycles. The Balaban J connectivity index is 2.30. The first-order valence-electron chi connectivity index (χ1n) is 6.59. The molecule has 98 valence electrons. The van der Waals surface area contributed by atoms with Crippen LogP contribution >= 0.6 is 0 Å². The summed E-state index contributed by atoms with van der Waals surface area (Å²) < 4.78 is 3.68. The molecule has 0 aliphatic heterocycles. The van der Waals surface area contributed by atoms with Crippen molar-refractivity contribution in [3.05, 3.63) is 47.4 Å². The van der Waals surface area contributed by atoms with Crippen LogP contribution in [0.25, 0.3) is 22.2 Å². The molecule has 0 aliphatic rings. The van der Waals surface area contributed by atoms with Crippen molar-refractivity contribution in [2.45, 2.75) is 20.8 Å². The van der Waals surface area contributed by atoms with Gasteiger partial charge in [-0.25, -0.2) is 0 Å². The summed E-state index contributed by atoms with van der Waals surface area (Å²) in [4.78, 5) is 4.63. The van der Waals surface area contributed by atoms with E-state index >= 15 is 0 Å². The van der Waals surface area contributed by atoms with Gasteiger partial charge in [-0.05, 0) is 26.8 Å². The molecule has 0 saturated carbocycles. The minimum atomic E-state index is 0.756. The van der Waals surface area contributed by atoms with Crippen LogP contribution in [0.5, 0.6) is 0 Å². The zero-order chi connectivity index (χ0) is 13.9. The van der Waals surface area contributed by atoms with E-state index in [1.807, 2.05) is 40.4 Å². The summed E-state index contributed by atoms with van der Waals surface area (Å²) >= 11 is 0. The first kappa shape index (κ1) is 11.3. The van der Waals surface area contributed by atoms with Crippen molar-refractivity contribution in [3.8, 4) is 0 Å². The molecule has 1 aromatic carbocycles. The lowest BCUT2D eigenvalue weighted by Gasteiger charge is -1.97. The highest BCUT2D eigenvalue weighted by atomic mass is 15.4. The molecule has 0 N–H and O–H groups in total. The van der Waals surface area contributed by atoms with Gasteiger partial charge in [-0.3, -0.25) is 0 Å². The van der Waals surface area contributed by atoms with Gasteiger partial charge in [-0.2, -0.15) is 0 Å². The molecule has 20 heavy (non-hydrogen) atoms. The lowest BCUT2D eigenvalue weighted by molar-refractivity contribution is -0.585. The van der Waals surface area contributed by atoms with Gasteiger partial charge in [0.25, 0.3) is 5.65 Å². The fourth-order valence-electron chi connectivity index (χ4n) is 2.55. The normalized spacial score (nSPS) is 11.8. The van der Waals surface area contributed by atoms with Gasteiger partial charge < -0.3 is 0 Å². The second-order valence-corrected chi connectivity index (χ2v) is 5.09. The molecule has 4 rings (SSSR count). The largest absolute Gasteiger partial charge is 0.449 e. The van der Waals surface area contributed by atoms with Crippen molar-refractivity contribution in [2.75, 3.05) is 0 Å². The average Bonchev–Trinajstić information content (AvgIpc) is 2.84. The zero-order valence-corrected chi connectivity index (χ0v) is 11.6. The fourth-order valence-corrected chi connectivity index (χ4v) is 2.55. The molecule has 0 amide bonds. The van der Waals surface area contributed by atoms with Crippen molar-refractivity contribution in [1.82, 2.24) is 19.7 Å². The number of nitrogens with zero attached hydrogens (tertiary/aromatic N) is 5. The predicted molar refractivity (Wildman–Crippen MR) is 75.7 cm³/mol. The summed E-state index contributed by atoms with van der Waals surface area (Å²) in [6.45, 7) is 6.15. The van der Waals surface area contributed by atoms with Crippen molar-refractivity contribution < 1.29 is 4.52 Å². The van der Waals surface area contributed by atoms with E-state index in [0.29, 0.717) is 0 Å². The van der Waals surface area contributed by atoms with Crippen LogP contribution in [-0.4, -0.2) is 19.7 Å².